The van der Waals surface area contributed by atoms with Crippen LogP contribution in [0.3, 0.4) is 0 Å². The monoisotopic (exact) mass is 491 g/mol. The fourth-order valence-electron chi connectivity index (χ4n) is 4.13. The minimum absolute atomic E-state index is 0.0474. The number of carbonyl (C=O) groups excluding carboxylic acids is 2. The minimum Gasteiger partial charge on any atom is -0.312 e. The van der Waals surface area contributed by atoms with Crippen LogP contribution in [0.5, 0.6) is 0 Å². The van der Waals surface area contributed by atoms with Gasteiger partial charge < -0.3 is 9.80 Å². The van der Waals surface area contributed by atoms with Gasteiger partial charge in [0.25, 0.3) is 11.8 Å². The number of pyridine rings is 1. The van der Waals surface area contributed by atoms with E-state index in [1.54, 1.807) is 42.6 Å². The van der Waals surface area contributed by atoms with Gasteiger partial charge in [0.1, 0.15) is 6.17 Å². The molecule has 0 aliphatic carbocycles. The zero-order chi connectivity index (χ0) is 24.6. The summed E-state index contributed by atoms with van der Waals surface area (Å²) in [6, 6.07) is 9.81. The maximum absolute atomic E-state index is 13.6. The van der Waals surface area contributed by atoms with Crippen molar-refractivity contribution in [2.75, 3.05) is 13.1 Å². The Kier molecular flexibility index (Phi) is 6.35. The van der Waals surface area contributed by atoms with E-state index in [2.05, 4.69) is 10.1 Å². The van der Waals surface area contributed by atoms with Crippen molar-refractivity contribution in [3.63, 3.8) is 0 Å². The molecule has 1 aliphatic heterocycles. The Hall–Kier alpha value is -3.40. The molecule has 2 amide bonds. The van der Waals surface area contributed by atoms with Gasteiger partial charge in [0.2, 0.25) is 0 Å². The van der Waals surface area contributed by atoms with Gasteiger partial charge in [0, 0.05) is 37.6 Å². The van der Waals surface area contributed by atoms with Crippen molar-refractivity contribution in [2.45, 2.75) is 25.7 Å². The summed E-state index contributed by atoms with van der Waals surface area (Å²) in [5.74, 6) is -1.22. The summed E-state index contributed by atoms with van der Waals surface area (Å²) in [5, 5.41) is 3.89. The SMILES string of the molecule is CCc1ncccc1C(=O)N1CCN(C(=O)c2cn(C)nc2C(F)(F)F)C1c1ccc(Cl)cc1. The Labute approximate surface area is 198 Å². The predicted molar refractivity (Wildman–Crippen MR) is 118 cm³/mol. The third-order valence-corrected chi connectivity index (χ3v) is 5.90. The Balaban J connectivity index is 1.77. The third kappa shape index (κ3) is 4.37. The molecule has 178 valence electrons. The number of rotatable bonds is 4. The van der Waals surface area contributed by atoms with E-state index in [9.17, 15) is 22.8 Å². The van der Waals surface area contributed by atoms with Crippen LogP contribution < -0.4 is 0 Å². The molecule has 2 aromatic heterocycles. The van der Waals surface area contributed by atoms with Gasteiger partial charge >= 0.3 is 6.18 Å². The average molecular weight is 492 g/mol. The molecule has 7 nitrogen and oxygen atoms in total. The molecular formula is C23H21ClF3N5O2. The van der Waals surface area contributed by atoms with E-state index in [4.69, 9.17) is 11.6 Å². The number of amides is 2. The summed E-state index contributed by atoms with van der Waals surface area (Å²) in [7, 11) is 1.32. The van der Waals surface area contributed by atoms with Crippen molar-refractivity contribution >= 4 is 23.4 Å². The lowest BCUT2D eigenvalue weighted by Gasteiger charge is -2.31. The standard InChI is InChI=1S/C23H21ClF3N5O2/c1-3-18-16(5-4-10-28-18)21(33)31-11-12-32(20(31)14-6-8-15(24)9-7-14)22(34)17-13-30(2)29-19(17)23(25,26)27/h4-10,13,20H,3,11-12H2,1-2H3. The summed E-state index contributed by atoms with van der Waals surface area (Å²) in [6.45, 7) is 2.06. The van der Waals surface area contributed by atoms with Gasteiger partial charge in [0.15, 0.2) is 5.69 Å². The number of hydrogen-bond donors (Lipinski definition) is 0. The van der Waals surface area contributed by atoms with E-state index in [1.165, 1.54) is 16.8 Å². The zero-order valence-corrected chi connectivity index (χ0v) is 19.1. The molecule has 1 aromatic carbocycles. The van der Waals surface area contributed by atoms with E-state index < -0.39 is 29.5 Å². The van der Waals surface area contributed by atoms with E-state index >= 15 is 0 Å². The van der Waals surface area contributed by atoms with Gasteiger partial charge in [-0.1, -0.05) is 30.7 Å². The van der Waals surface area contributed by atoms with E-state index in [0.29, 0.717) is 28.3 Å². The van der Waals surface area contributed by atoms with Crippen molar-refractivity contribution in [1.82, 2.24) is 24.6 Å². The molecular weight excluding hydrogens is 471 g/mol. The molecule has 0 saturated carbocycles. The molecule has 3 aromatic rings. The lowest BCUT2D eigenvalue weighted by molar-refractivity contribution is -0.141. The molecule has 1 atom stereocenters. The van der Waals surface area contributed by atoms with E-state index in [0.717, 1.165) is 10.9 Å². The number of alkyl halides is 3. The van der Waals surface area contributed by atoms with Crippen molar-refractivity contribution in [3.8, 4) is 0 Å². The highest BCUT2D eigenvalue weighted by atomic mass is 35.5. The van der Waals surface area contributed by atoms with Crippen LogP contribution in [0.15, 0.2) is 48.8 Å². The van der Waals surface area contributed by atoms with Crippen LogP contribution in [0.4, 0.5) is 13.2 Å². The number of benzene rings is 1. The predicted octanol–water partition coefficient (Wildman–Crippen LogP) is 4.35. The minimum atomic E-state index is -4.80. The number of aromatic nitrogens is 3. The molecule has 0 radical (unpaired) electrons. The number of hydrogen-bond acceptors (Lipinski definition) is 4. The number of aryl methyl sites for hydroxylation is 2. The van der Waals surface area contributed by atoms with E-state index in [-0.39, 0.29) is 19.0 Å². The number of halogens is 4. The normalized spacial score (nSPS) is 16.2. The van der Waals surface area contributed by atoms with Gasteiger partial charge in [0.05, 0.1) is 16.8 Å². The van der Waals surface area contributed by atoms with Crippen molar-refractivity contribution < 1.29 is 22.8 Å². The van der Waals surface area contributed by atoms with Gasteiger partial charge in [-0.25, -0.2) is 0 Å². The molecule has 0 bridgehead atoms. The maximum Gasteiger partial charge on any atom is 0.435 e. The topological polar surface area (TPSA) is 71.3 Å². The average Bonchev–Trinajstić information content (AvgIpc) is 3.43. The summed E-state index contributed by atoms with van der Waals surface area (Å²) in [4.78, 5) is 33.9. The first-order chi connectivity index (χ1) is 16.1. The lowest BCUT2D eigenvalue weighted by Crippen LogP contribution is -2.38. The molecule has 3 heterocycles. The van der Waals surface area contributed by atoms with Crippen LogP contribution in [0, 0.1) is 0 Å². The third-order valence-electron chi connectivity index (χ3n) is 5.65. The molecule has 1 saturated heterocycles. The molecule has 34 heavy (non-hydrogen) atoms. The Morgan fingerprint density at radius 1 is 1.06 bits per heavy atom. The summed E-state index contributed by atoms with van der Waals surface area (Å²) in [5.41, 5.74) is -0.309. The second-order valence-electron chi connectivity index (χ2n) is 7.84. The fourth-order valence-corrected chi connectivity index (χ4v) is 4.25. The summed E-state index contributed by atoms with van der Waals surface area (Å²) >= 11 is 6.02. The molecule has 4 rings (SSSR count). The van der Waals surface area contributed by atoms with Gasteiger partial charge in [-0.05, 0) is 36.2 Å². The molecule has 1 fully saturated rings. The highest BCUT2D eigenvalue weighted by Crippen LogP contribution is 2.36. The summed E-state index contributed by atoms with van der Waals surface area (Å²) in [6.07, 6.45) is -2.57. The van der Waals surface area contributed by atoms with Crippen LogP contribution in [0.2, 0.25) is 5.02 Å². The number of nitrogens with zero attached hydrogens (tertiary/aromatic N) is 5. The van der Waals surface area contributed by atoms with E-state index in [1.807, 2.05) is 6.92 Å². The van der Waals surface area contributed by atoms with Crippen LogP contribution in [0.25, 0.3) is 0 Å². The molecule has 1 aliphatic rings. The first kappa shape index (κ1) is 23.7. The molecule has 0 N–H and O–H groups in total. The highest BCUT2D eigenvalue weighted by molar-refractivity contribution is 6.30. The number of carbonyl (C=O) groups is 2. The fraction of sp³-hybridized carbons (Fsp3) is 0.304. The lowest BCUT2D eigenvalue weighted by atomic mass is 10.1. The Morgan fingerprint density at radius 3 is 2.26 bits per heavy atom. The quantitative estimate of drug-likeness (QED) is 0.544. The first-order valence-electron chi connectivity index (χ1n) is 10.5. The Bertz CT molecular complexity index is 1230. The van der Waals surface area contributed by atoms with Gasteiger partial charge in [-0.15, -0.1) is 0 Å². The highest BCUT2D eigenvalue weighted by Gasteiger charge is 2.44. The van der Waals surface area contributed by atoms with Crippen LogP contribution in [-0.4, -0.2) is 49.5 Å². The first-order valence-corrected chi connectivity index (χ1v) is 10.9. The van der Waals surface area contributed by atoms with Crippen molar-refractivity contribution in [3.05, 3.63) is 81.9 Å². The molecule has 1 unspecified atom stereocenters. The van der Waals surface area contributed by atoms with Crippen LogP contribution in [-0.2, 0) is 19.6 Å². The summed E-state index contributed by atoms with van der Waals surface area (Å²) < 4.78 is 41.6. The molecule has 0 spiro atoms. The largest absolute Gasteiger partial charge is 0.435 e. The second-order valence-corrected chi connectivity index (χ2v) is 8.27. The van der Waals surface area contributed by atoms with Gasteiger partial charge in [-0.2, -0.15) is 18.3 Å². The van der Waals surface area contributed by atoms with Crippen molar-refractivity contribution in [1.29, 1.82) is 0 Å². The smallest absolute Gasteiger partial charge is 0.312 e. The Morgan fingerprint density at radius 2 is 1.68 bits per heavy atom. The second kappa shape index (κ2) is 9.09. The van der Waals surface area contributed by atoms with Crippen LogP contribution >= 0.6 is 11.6 Å². The zero-order valence-electron chi connectivity index (χ0n) is 18.4. The van der Waals surface area contributed by atoms with Crippen molar-refractivity contribution in [2.24, 2.45) is 7.05 Å². The van der Waals surface area contributed by atoms with Gasteiger partial charge in [-0.3, -0.25) is 19.3 Å². The molecule has 11 heteroatoms. The maximum atomic E-state index is 13.6. The van der Waals surface area contributed by atoms with Crippen LogP contribution in [0.1, 0.15) is 50.8 Å².